The lowest BCUT2D eigenvalue weighted by atomic mass is 10.3. The van der Waals surface area contributed by atoms with Gasteiger partial charge in [0.15, 0.2) is 0 Å². The maximum atomic E-state index is 11.5. The highest BCUT2D eigenvalue weighted by Crippen LogP contribution is 2.18. The van der Waals surface area contributed by atoms with Gasteiger partial charge in [0, 0.05) is 5.38 Å². The number of carbonyl (C=O) groups excluding carboxylic acids is 1. The first-order chi connectivity index (χ1) is 7.71. The normalized spacial score (nSPS) is 13.1. The Morgan fingerprint density at radius 1 is 1.53 bits per heavy atom. The van der Waals surface area contributed by atoms with Crippen molar-refractivity contribution >= 4 is 33.2 Å². The Bertz CT molecular complexity index is 548. The van der Waals surface area contributed by atoms with Crippen molar-refractivity contribution in [2.45, 2.75) is 17.2 Å². The van der Waals surface area contributed by atoms with E-state index in [0.717, 1.165) is 17.4 Å². The molecule has 1 heterocycles. The number of nitrogens with one attached hydrogen (secondary N) is 1. The summed E-state index contributed by atoms with van der Waals surface area (Å²) in [6, 6.07) is 0.0458. The number of hydrogen-bond acceptors (Lipinski definition) is 5. The fraction of sp³-hybridized carbons (Fsp3) is 0.250. The first kappa shape index (κ1) is 13.6. The van der Waals surface area contributed by atoms with Crippen molar-refractivity contribution in [3.63, 3.8) is 0 Å². The first-order valence-corrected chi connectivity index (χ1v) is 6.79. The van der Waals surface area contributed by atoms with Gasteiger partial charge in [0.25, 0.3) is 5.91 Å². The third kappa shape index (κ3) is 3.51. The molecule has 0 saturated carbocycles. The molecule has 0 fully saturated rings. The van der Waals surface area contributed by atoms with E-state index >= 15 is 0 Å². The van der Waals surface area contributed by atoms with Crippen molar-refractivity contribution in [1.82, 2.24) is 5.32 Å². The molecule has 1 atom stereocenters. The van der Waals surface area contributed by atoms with Gasteiger partial charge in [-0.25, -0.2) is 13.6 Å². The first-order valence-electron chi connectivity index (χ1n) is 4.37. The largest absolute Gasteiger partial charge is 0.480 e. The lowest BCUT2D eigenvalue weighted by molar-refractivity contribution is -0.138. The van der Waals surface area contributed by atoms with E-state index in [-0.39, 0.29) is 9.77 Å². The van der Waals surface area contributed by atoms with Gasteiger partial charge in [-0.3, -0.25) is 9.59 Å². The Morgan fingerprint density at radius 2 is 2.12 bits per heavy atom. The Labute approximate surface area is 101 Å². The Morgan fingerprint density at radius 3 is 2.53 bits per heavy atom. The van der Waals surface area contributed by atoms with Gasteiger partial charge < -0.3 is 10.4 Å². The molecule has 1 rings (SSSR count). The number of rotatable bonds is 4. The lowest BCUT2D eigenvalue weighted by Crippen LogP contribution is -2.38. The van der Waals surface area contributed by atoms with Crippen LogP contribution in [0, 0.1) is 0 Å². The predicted octanol–water partition coefficient (Wildman–Crippen LogP) is -0.402. The van der Waals surface area contributed by atoms with E-state index < -0.39 is 27.9 Å². The fourth-order valence-electron chi connectivity index (χ4n) is 0.927. The summed E-state index contributed by atoms with van der Waals surface area (Å²) in [5, 5.41) is 16.9. The van der Waals surface area contributed by atoms with Crippen molar-refractivity contribution in [2.75, 3.05) is 0 Å². The van der Waals surface area contributed by atoms with Gasteiger partial charge in [-0.1, -0.05) is 0 Å². The van der Waals surface area contributed by atoms with Crippen LogP contribution >= 0.6 is 11.3 Å². The predicted molar refractivity (Wildman–Crippen MR) is 60.3 cm³/mol. The molecular formula is C8H10N2O5S2. The van der Waals surface area contributed by atoms with Crippen molar-refractivity contribution in [2.24, 2.45) is 5.14 Å². The molecule has 94 valence electrons. The van der Waals surface area contributed by atoms with E-state index in [9.17, 15) is 18.0 Å². The van der Waals surface area contributed by atoms with Gasteiger partial charge >= 0.3 is 5.97 Å². The quantitative estimate of drug-likeness (QED) is 0.690. The molecule has 0 aliphatic rings. The molecule has 17 heavy (non-hydrogen) atoms. The topological polar surface area (TPSA) is 127 Å². The zero-order valence-corrected chi connectivity index (χ0v) is 10.3. The van der Waals surface area contributed by atoms with Gasteiger partial charge in [0.2, 0.25) is 10.0 Å². The van der Waals surface area contributed by atoms with Crippen LogP contribution in [0.25, 0.3) is 0 Å². The maximum Gasteiger partial charge on any atom is 0.325 e. The van der Waals surface area contributed by atoms with E-state index in [1.807, 2.05) is 0 Å². The van der Waals surface area contributed by atoms with Crippen LogP contribution in [0.15, 0.2) is 15.7 Å². The summed E-state index contributed by atoms with van der Waals surface area (Å²) in [4.78, 5) is 22.0. The number of hydrogen-bond donors (Lipinski definition) is 3. The number of sulfonamides is 1. The van der Waals surface area contributed by atoms with Gasteiger partial charge in [-0.2, -0.15) is 0 Å². The van der Waals surface area contributed by atoms with E-state index in [4.69, 9.17) is 10.2 Å². The highest BCUT2D eigenvalue weighted by molar-refractivity contribution is 7.91. The minimum Gasteiger partial charge on any atom is -0.480 e. The van der Waals surface area contributed by atoms with Crippen molar-refractivity contribution in [3.05, 3.63) is 17.0 Å². The summed E-state index contributed by atoms with van der Waals surface area (Å²) in [5.41, 5.74) is 0.0622. The number of carboxylic acids is 1. The summed E-state index contributed by atoms with van der Waals surface area (Å²) >= 11 is 0.799. The minimum absolute atomic E-state index is 0.0622. The number of aliphatic carboxylic acids is 1. The number of amides is 1. The Kier molecular flexibility index (Phi) is 3.86. The molecule has 7 nitrogen and oxygen atoms in total. The van der Waals surface area contributed by atoms with E-state index in [1.54, 1.807) is 0 Å². The summed E-state index contributed by atoms with van der Waals surface area (Å²) in [5.74, 6) is -1.84. The summed E-state index contributed by atoms with van der Waals surface area (Å²) in [6.45, 7) is 1.30. The standard InChI is InChI=1S/C8H10N2O5S2/c1-4(8(12)13)10-7(11)5-2-6(16-3-5)17(9,14)15/h2-4H,1H3,(H,10,11)(H,12,13)(H2,9,14,15)/t4-/m1/s1. The zero-order valence-electron chi connectivity index (χ0n) is 8.71. The van der Waals surface area contributed by atoms with Crippen LogP contribution in [0.4, 0.5) is 0 Å². The molecule has 9 heteroatoms. The maximum absolute atomic E-state index is 11.5. The van der Waals surface area contributed by atoms with Crippen LogP contribution < -0.4 is 10.5 Å². The molecule has 0 spiro atoms. The minimum atomic E-state index is -3.84. The molecule has 0 radical (unpaired) electrons. The summed E-state index contributed by atoms with van der Waals surface area (Å²) in [7, 11) is -3.84. The molecule has 0 aliphatic heterocycles. The molecule has 1 aromatic heterocycles. The second kappa shape index (κ2) is 4.82. The molecule has 0 aromatic carbocycles. The van der Waals surface area contributed by atoms with Gasteiger partial charge in [0.1, 0.15) is 10.3 Å². The van der Waals surface area contributed by atoms with E-state index in [0.29, 0.717) is 0 Å². The lowest BCUT2D eigenvalue weighted by Gasteiger charge is -2.07. The second-order valence-corrected chi connectivity index (χ2v) is 5.93. The average molecular weight is 278 g/mol. The molecule has 1 aromatic rings. The Hall–Kier alpha value is -1.45. The molecular weight excluding hydrogens is 268 g/mol. The number of thiophene rings is 1. The third-order valence-corrected chi connectivity index (χ3v) is 4.22. The average Bonchev–Trinajstić information content (AvgIpc) is 2.65. The number of nitrogens with two attached hydrogens (primary N) is 1. The van der Waals surface area contributed by atoms with Gasteiger partial charge in [0.05, 0.1) is 5.56 Å². The van der Waals surface area contributed by atoms with Crippen LogP contribution in [-0.4, -0.2) is 31.4 Å². The second-order valence-electron chi connectivity index (χ2n) is 3.23. The van der Waals surface area contributed by atoms with Crippen LogP contribution in [0.3, 0.4) is 0 Å². The van der Waals surface area contributed by atoms with Crippen molar-refractivity contribution < 1.29 is 23.1 Å². The fourth-order valence-corrected chi connectivity index (χ4v) is 2.51. The molecule has 0 bridgehead atoms. The van der Waals surface area contributed by atoms with Crippen molar-refractivity contribution in [1.29, 1.82) is 0 Å². The van der Waals surface area contributed by atoms with Gasteiger partial charge in [-0.15, -0.1) is 11.3 Å². The molecule has 1 amide bonds. The smallest absolute Gasteiger partial charge is 0.325 e. The van der Waals surface area contributed by atoms with Crippen LogP contribution in [0.5, 0.6) is 0 Å². The zero-order chi connectivity index (χ0) is 13.2. The summed E-state index contributed by atoms with van der Waals surface area (Å²) in [6.07, 6.45) is 0. The number of carbonyl (C=O) groups is 2. The Balaban J connectivity index is 2.85. The summed E-state index contributed by atoms with van der Waals surface area (Å²) < 4.78 is 21.8. The highest BCUT2D eigenvalue weighted by atomic mass is 32.2. The van der Waals surface area contributed by atoms with Crippen molar-refractivity contribution in [3.8, 4) is 0 Å². The van der Waals surface area contributed by atoms with Crippen LogP contribution in [0.1, 0.15) is 17.3 Å². The van der Waals surface area contributed by atoms with E-state index in [1.165, 1.54) is 12.3 Å². The van der Waals surface area contributed by atoms with Gasteiger partial charge in [-0.05, 0) is 13.0 Å². The molecule has 0 aliphatic carbocycles. The molecule has 0 saturated heterocycles. The number of primary sulfonamides is 1. The van der Waals surface area contributed by atoms with E-state index in [2.05, 4.69) is 5.32 Å². The number of carboxylic acid groups (broad SMARTS) is 1. The molecule has 4 N–H and O–H groups in total. The SMILES string of the molecule is C[C@@H](NC(=O)c1csc(S(N)(=O)=O)c1)C(=O)O. The third-order valence-electron chi connectivity index (χ3n) is 1.84. The highest BCUT2D eigenvalue weighted by Gasteiger charge is 2.18. The monoisotopic (exact) mass is 278 g/mol. The molecule has 0 unspecified atom stereocenters. The van der Waals surface area contributed by atoms with Crippen LogP contribution in [0.2, 0.25) is 0 Å². The van der Waals surface area contributed by atoms with Crippen LogP contribution in [-0.2, 0) is 14.8 Å².